The standard InChI is InChI=1S/C16H19ClN2O3/c17-14-10-13(7-9-18-14)16(21)22-11-15(20)19-8-6-12-4-2-1-3-5-12/h4,7,9-10H,1-3,5-6,8,11H2,(H,19,20). The molecule has 0 aromatic carbocycles. The van der Waals surface area contributed by atoms with Crippen molar-refractivity contribution in [2.45, 2.75) is 32.1 Å². The van der Waals surface area contributed by atoms with Crippen molar-refractivity contribution in [2.24, 2.45) is 0 Å². The van der Waals surface area contributed by atoms with E-state index in [0.717, 1.165) is 19.3 Å². The van der Waals surface area contributed by atoms with Crippen molar-refractivity contribution in [3.05, 3.63) is 40.7 Å². The van der Waals surface area contributed by atoms with E-state index in [4.69, 9.17) is 16.3 Å². The summed E-state index contributed by atoms with van der Waals surface area (Å²) in [6, 6.07) is 2.89. The van der Waals surface area contributed by atoms with Crippen LogP contribution < -0.4 is 5.32 Å². The van der Waals surface area contributed by atoms with E-state index in [1.165, 1.54) is 36.7 Å². The summed E-state index contributed by atoms with van der Waals surface area (Å²) in [4.78, 5) is 27.1. The van der Waals surface area contributed by atoms with Gasteiger partial charge in [-0.2, -0.15) is 0 Å². The Morgan fingerprint density at radius 1 is 1.36 bits per heavy atom. The largest absolute Gasteiger partial charge is 0.452 e. The predicted octanol–water partition coefficient (Wildman–Crippen LogP) is 2.90. The third kappa shape index (κ3) is 5.48. The van der Waals surface area contributed by atoms with E-state index >= 15 is 0 Å². The van der Waals surface area contributed by atoms with E-state index in [9.17, 15) is 9.59 Å². The summed E-state index contributed by atoms with van der Waals surface area (Å²) >= 11 is 5.69. The van der Waals surface area contributed by atoms with E-state index in [1.54, 1.807) is 0 Å². The zero-order chi connectivity index (χ0) is 15.8. The van der Waals surface area contributed by atoms with Gasteiger partial charge < -0.3 is 10.1 Å². The van der Waals surface area contributed by atoms with E-state index < -0.39 is 5.97 Å². The SMILES string of the molecule is O=C(COC(=O)c1ccnc(Cl)c1)NCCC1=CCCCC1. The second kappa shape index (κ2) is 8.54. The summed E-state index contributed by atoms with van der Waals surface area (Å²) in [5.74, 6) is -0.889. The van der Waals surface area contributed by atoms with Crippen molar-refractivity contribution >= 4 is 23.5 Å². The lowest BCUT2D eigenvalue weighted by Crippen LogP contribution is -2.29. The Bertz CT molecular complexity index is 572. The summed E-state index contributed by atoms with van der Waals surface area (Å²) in [6.45, 7) is 0.279. The zero-order valence-corrected chi connectivity index (χ0v) is 13.1. The van der Waals surface area contributed by atoms with Crippen LogP contribution in [0.5, 0.6) is 0 Å². The van der Waals surface area contributed by atoms with Crippen molar-refractivity contribution < 1.29 is 14.3 Å². The smallest absolute Gasteiger partial charge is 0.338 e. The average Bonchev–Trinajstić information content (AvgIpc) is 2.53. The zero-order valence-electron chi connectivity index (χ0n) is 12.3. The van der Waals surface area contributed by atoms with Crippen molar-refractivity contribution in [1.82, 2.24) is 10.3 Å². The molecule has 0 bridgehead atoms. The third-order valence-corrected chi connectivity index (χ3v) is 3.66. The molecule has 1 heterocycles. The Labute approximate surface area is 134 Å². The monoisotopic (exact) mass is 322 g/mol. The highest BCUT2D eigenvalue weighted by Gasteiger charge is 2.11. The fourth-order valence-electron chi connectivity index (χ4n) is 2.29. The summed E-state index contributed by atoms with van der Waals surface area (Å²) in [7, 11) is 0. The van der Waals surface area contributed by atoms with Crippen LogP contribution in [-0.4, -0.2) is 30.0 Å². The van der Waals surface area contributed by atoms with Crippen molar-refractivity contribution in [3.8, 4) is 0 Å². The minimum absolute atomic E-state index is 0.208. The number of aromatic nitrogens is 1. The van der Waals surface area contributed by atoms with Gasteiger partial charge in [0, 0.05) is 12.7 Å². The maximum atomic E-state index is 11.7. The van der Waals surface area contributed by atoms with Gasteiger partial charge in [-0.15, -0.1) is 0 Å². The molecule has 1 aliphatic rings. The van der Waals surface area contributed by atoms with Gasteiger partial charge in [0.1, 0.15) is 5.15 Å². The molecule has 22 heavy (non-hydrogen) atoms. The van der Waals surface area contributed by atoms with E-state index in [1.807, 2.05) is 0 Å². The quantitative estimate of drug-likeness (QED) is 0.497. The van der Waals surface area contributed by atoms with E-state index in [0.29, 0.717) is 6.54 Å². The van der Waals surface area contributed by atoms with Gasteiger partial charge in [0.25, 0.3) is 5.91 Å². The van der Waals surface area contributed by atoms with Crippen LogP contribution in [0.3, 0.4) is 0 Å². The van der Waals surface area contributed by atoms with Gasteiger partial charge in [0.2, 0.25) is 0 Å². The first-order chi connectivity index (χ1) is 10.6. The lowest BCUT2D eigenvalue weighted by molar-refractivity contribution is -0.124. The first-order valence-electron chi connectivity index (χ1n) is 7.38. The number of hydrogen-bond acceptors (Lipinski definition) is 4. The Kier molecular flexibility index (Phi) is 6.40. The topological polar surface area (TPSA) is 68.3 Å². The molecule has 0 unspecified atom stereocenters. The minimum atomic E-state index is -0.588. The predicted molar refractivity (Wildman–Crippen MR) is 83.7 cm³/mol. The van der Waals surface area contributed by atoms with Crippen LogP contribution in [-0.2, 0) is 9.53 Å². The van der Waals surface area contributed by atoms with Gasteiger partial charge in [0.15, 0.2) is 6.61 Å². The molecule has 0 fully saturated rings. The van der Waals surface area contributed by atoms with E-state index in [-0.39, 0.29) is 23.2 Å². The number of carbonyl (C=O) groups excluding carboxylic acids is 2. The van der Waals surface area contributed by atoms with Crippen molar-refractivity contribution in [3.63, 3.8) is 0 Å². The Morgan fingerprint density at radius 2 is 2.23 bits per heavy atom. The van der Waals surface area contributed by atoms with Gasteiger partial charge in [0.05, 0.1) is 5.56 Å². The van der Waals surface area contributed by atoms with Crippen molar-refractivity contribution in [1.29, 1.82) is 0 Å². The Morgan fingerprint density at radius 3 is 2.95 bits per heavy atom. The fourth-order valence-corrected chi connectivity index (χ4v) is 2.46. The van der Waals surface area contributed by atoms with Gasteiger partial charge >= 0.3 is 5.97 Å². The highest BCUT2D eigenvalue weighted by molar-refractivity contribution is 6.29. The minimum Gasteiger partial charge on any atom is -0.452 e. The number of ether oxygens (including phenoxy) is 1. The highest BCUT2D eigenvalue weighted by Crippen LogP contribution is 2.19. The van der Waals surface area contributed by atoms with E-state index in [2.05, 4.69) is 16.4 Å². The van der Waals surface area contributed by atoms with Crippen LogP contribution in [0.1, 0.15) is 42.5 Å². The molecule has 6 heteroatoms. The molecule has 0 saturated heterocycles. The number of esters is 1. The summed E-state index contributed by atoms with van der Waals surface area (Å²) in [5.41, 5.74) is 1.68. The number of halogens is 1. The summed E-state index contributed by atoms with van der Waals surface area (Å²) in [5, 5.41) is 2.96. The molecule has 1 N–H and O–H groups in total. The number of nitrogens with zero attached hydrogens (tertiary/aromatic N) is 1. The molecule has 0 saturated carbocycles. The average molecular weight is 323 g/mol. The molecular formula is C16H19ClN2O3. The second-order valence-corrected chi connectivity index (χ2v) is 5.54. The molecule has 1 aromatic rings. The van der Waals surface area contributed by atoms with Gasteiger partial charge in [-0.05, 0) is 44.2 Å². The molecule has 0 atom stereocenters. The molecule has 118 valence electrons. The maximum Gasteiger partial charge on any atom is 0.338 e. The first kappa shape index (κ1) is 16.5. The third-order valence-electron chi connectivity index (χ3n) is 3.45. The number of nitrogens with one attached hydrogen (secondary N) is 1. The molecule has 0 spiro atoms. The number of rotatable bonds is 6. The molecule has 1 aromatic heterocycles. The molecular weight excluding hydrogens is 304 g/mol. The molecule has 2 rings (SSSR count). The normalized spacial score (nSPS) is 14.1. The second-order valence-electron chi connectivity index (χ2n) is 5.15. The summed E-state index contributed by atoms with van der Waals surface area (Å²) in [6.07, 6.45) is 9.26. The van der Waals surface area contributed by atoms with Crippen LogP contribution >= 0.6 is 11.6 Å². The van der Waals surface area contributed by atoms with Crippen LogP contribution in [0.2, 0.25) is 5.15 Å². The lowest BCUT2D eigenvalue weighted by atomic mass is 9.97. The number of pyridine rings is 1. The van der Waals surface area contributed by atoms with Crippen LogP contribution in [0.4, 0.5) is 0 Å². The van der Waals surface area contributed by atoms with Crippen LogP contribution in [0.15, 0.2) is 30.0 Å². The van der Waals surface area contributed by atoms with Crippen LogP contribution in [0, 0.1) is 0 Å². The lowest BCUT2D eigenvalue weighted by Gasteiger charge is -2.13. The Balaban J connectivity index is 1.67. The molecule has 1 amide bonds. The Hall–Kier alpha value is -1.88. The molecule has 0 aliphatic heterocycles. The highest BCUT2D eigenvalue weighted by atomic mass is 35.5. The molecule has 5 nitrogen and oxygen atoms in total. The van der Waals surface area contributed by atoms with Gasteiger partial charge in [-0.1, -0.05) is 23.3 Å². The van der Waals surface area contributed by atoms with Crippen molar-refractivity contribution in [2.75, 3.05) is 13.2 Å². The van der Waals surface area contributed by atoms with Gasteiger partial charge in [-0.3, -0.25) is 4.79 Å². The van der Waals surface area contributed by atoms with Crippen LogP contribution in [0.25, 0.3) is 0 Å². The summed E-state index contributed by atoms with van der Waals surface area (Å²) < 4.78 is 4.94. The molecule has 1 aliphatic carbocycles. The number of carbonyl (C=O) groups is 2. The molecule has 0 radical (unpaired) electrons. The first-order valence-corrected chi connectivity index (χ1v) is 7.76. The fraction of sp³-hybridized carbons (Fsp3) is 0.438. The number of hydrogen-bond donors (Lipinski definition) is 1. The number of allylic oxidation sites excluding steroid dienone is 1. The maximum absolute atomic E-state index is 11.7. The number of amides is 1. The van der Waals surface area contributed by atoms with Gasteiger partial charge in [-0.25, -0.2) is 9.78 Å².